The van der Waals surface area contributed by atoms with Crippen LogP contribution < -0.4 is 5.32 Å². The Morgan fingerprint density at radius 2 is 2.00 bits per heavy atom. The Balaban J connectivity index is 1.37. The molecule has 0 unspecified atom stereocenters. The Morgan fingerprint density at radius 3 is 2.73 bits per heavy atom. The van der Waals surface area contributed by atoms with Crippen LogP contribution in [0.1, 0.15) is 61.5 Å². The maximum Gasteiger partial charge on any atom is 0.261 e. The Bertz CT molecular complexity index is 1390. The van der Waals surface area contributed by atoms with E-state index in [2.05, 4.69) is 34.3 Å². The van der Waals surface area contributed by atoms with Crippen LogP contribution in [0.5, 0.6) is 0 Å². The molecule has 1 aromatic carbocycles. The van der Waals surface area contributed by atoms with E-state index in [0.29, 0.717) is 23.0 Å². The number of halogens is 1. The smallest absolute Gasteiger partial charge is 0.261 e. The van der Waals surface area contributed by atoms with E-state index in [1.807, 2.05) is 16.9 Å². The Hall–Kier alpha value is -3.80. The molecule has 0 spiro atoms. The molecule has 8 nitrogen and oxygen atoms in total. The predicted molar refractivity (Wildman–Crippen MR) is 121 cm³/mol. The lowest BCUT2D eigenvalue weighted by Crippen LogP contribution is -2.21. The van der Waals surface area contributed by atoms with Crippen molar-refractivity contribution in [2.45, 2.75) is 45.6 Å². The molecule has 1 aliphatic carbocycles. The average Bonchev–Trinajstić information content (AvgIpc) is 3.42. The molecule has 0 aliphatic heterocycles. The second-order valence-electron chi connectivity index (χ2n) is 9.05. The molecule has 1 aliphatic rings. The Morgan fingerprint density at radius 1 is 1.21 bits per heavy atom. The molecule has 33 heavy (non-hydrogen) atoms. The molecular weight excluding hydrogens is 421 g/mol. The first-order valence-corrected chi connectivity index (χ1v) is 11.2. The number of fused-ring (bicyclic) bond motifs is 2. The minimum atomic E-state index is -0.555. The SMILES string of the molecule is CC(C)C1CCC(n2cc3cc(NC(=O)c4cnn5cc(C#N)cnc45)c(F)cc3n2)CC1. The lowest BCUT2D eigenvalue weighted by molar-refractivity contribution is 0.102. The Labute approximate surface area is 190 Å². The highest BCUT2D eigenvalue weighted by Crippen LogP contribution is 2.36. The molecule has 168 valence electrons. The van der Waals surface area contributed by atoms with Crippen molar-refractivity contribution < 1.29 is 9.18 Å². The highest BCUT2D eigenvalue weighted by molar-refractivity contribution is 6.08. The van der Waals surface area contributed by atoms with Crippen molar-refractivity contribution in [1.82, 2.24) is 24.4 Å². The van der Waals surface area contributed by atoms with Crippen LogP contribution >= 0.6 is 0 Å². The third-order valence-electron chi connectivity index (χ3n) is 6.65. The van der Waals surface area contributed by atoms with Crippen molar-refractivity contribution in [3.63, 3.8) is 0 Å². The van der Waals surface area contributed by atoms with Gasteiger partial charge in [0.05, 0.1) is 35.2 Å². The van der Waals surface area contributed by atoms with Gasteiger partial charge in [0.25, 0.3) is 5.91 Å². The molecule has 1 N–H and O–H groups in total. The molecule has 1 amide bonds. The zero-order valence-corrected chi connectivity index (χ0v) is 18.5. The van der Waals surface area contributed by atoms with E-state index in [1.54, 1.807) is 6.07 Å². The van der Waals surface area contributed by atoms with E-state index in [4.69, 9.17) is 5.26 Å². The number of anilines is 1. The van der Waals surface area contributed by atoms with Crippen LogP contribution in [-0.4, -0.2) is 30.3 Å². The number of rotatable bonds is 4. The van der Waals surface area contributed by atoms with Gasteiger partial charge in [-0.25, -0.2) is 13.9 Å². The van der Waals surface area contributed by atoms with Gasteiger partial charge in [-0.1, -0.05) is 13.8 Å². The van der Waals surface area contributed by atoms with E-state index in [1.165, 1.54) is 42.0 Å². The van der Waals surface area contributed by atoms with Crippen molar-refractivity contribution >= 4 is 28.1 Å². The zero-order chi connectivity index (χ0) is 23.1. The first kappa shape index (κ1) is 21.1. The van der Waals surface area contributed by atoms with Crippen LogP contribution in [0.15, 0.2) is 36.9 Å². The minimum Gasteiger partial charge on any atom is -0.319 e. The van der Waals surface area contributed by atoms with Gasteiger partial charge in [0.15, 0.2) is 5.65 Å². The summed E-state index contributed by atoms with van der Waals surface area (Å²) in [5, 5.41) is 21.1. The van der Waals surface area contributed by atoms with E-state index >= 15 is 0 Å². The Kier molecular flexibility index (Phi) is 5.29. The summed E-state index contributed by atoms with van der Waals surface area (Å²) in [6, 6.07) is 5.26. The number of carbonyl (C=O) groups is 1. The van der Waals surface area contributed by atoms with E-state index < -0.39 is 11.7 Å². The summed E-state index contributed by atoms with van der Waals surface area (Å²) in [5.74, 6) is 0.367. The summed E-state index contributed by atoms with van der Waals surface area (Å²) in [5.41, 5.74) is 1.44. The molecule has 1 saturated carbocycles. The van der Waals surface area contributed by atoms with Gasteiger partial charge in [0, 0.05) is 23.8 Å². The first-order chi connectivity index (χ1) is 15.9. The summed E-state index contributed by atoms with van der Waals surface area (Å²) in [6.45, 7) is 4.55. The molecule has 5 rings (SSSR count). The fourth-order valence-corrected chi connectivity index (χ4v) is 4.66. The monoisotopic (exact) mass is 445 g/mol. The predicted octanol–water partition coefficient (Wildman–Crippen LogP) is 4.73. The van der Waals surface area contributed by atoms with Crippen LogP contribution in [0.25, 0.3) is 16.6 Å². The first-order valence-electron chi connectivity index (χ1n) is 11.2. The molecule has 9 heteroatoms. The van der Waals surface area contributed by atoms with Crippen LogP contribution in [0, 0.1) is 29.0 Å². The number of nitriles is 1. The quantitative estimate of drug-likeness (QED) is 0.489. The lowest BCUT2D eigenvalue weighted by Gasteiger charge is -2.30. The zero-order valence-electron chi connectivity index (χ0n) is 18.5. The number of nitrogens with zero attached hydrogens (tertiary/aromatic N) is 6. The molecule has 0 saturated heterocycles. The van der Waals surface area contributed by atoms with E-state index in [9.17, 15) is 9.18 Å². The summed E-state index contributed by atoms with van der Waals surface area (Å²) in [4.78, 5) is 16.9. The largest absolute Gasteiger partial charge is 0.319 e. The maximum absolute atomic E-state index is 14.8. The van der Waals surface area contributed by atoms with Gasteiger partial charge in [0.1, 0.15) is 17.4 Å². The van der Waals surface area contributed by atoms with Crippen molar-refractivity contribution in [2.75, 3.05) is 5.32 Å². The lowest BCUT2D eigenvalue weighted by atomic mass is 9.80. The summed E-state index contributed by atoms with van der Waals surface area (Å²) < 4.78 is 18.1. The number of hydrogen-bond donors (Lipinski definition) is 1. The second kappa shape index (κ2) is 8.28. The average molecular weight is 446 g/mol. The van der Waals surface area contributed by atoms with Gasteiger partial charge in [-0.15, -0.1) is 0 Å². The van der Waals surface area contributed by atoms with Crippen molar-refractivity contribution in [3.05, 3.63) is 53.9 Å². The normalized spacial score (nSPS) is 18.6. The molecule has 3 aromatic heterocycles. The molecule has 0 bridgehead atoms. The number of nitrogens with one attached hydrogen (secondary N) is 1. The van der Waals surface area contributed by atoms with Crippen molar-refractivity contribution in [2.24, 2.45) is 11.8 Å². The molecule has 3 heterocycles. The number of amides is 1. The number of hydrogen-bond acceptors (Lipinski definition) is 5. The summed E-state index contributed by atoms with van der Waals surface area (Å²) >= 11 is 0. The van der Waals surface area contributed by atoms with Crippen LogP contribution in [0.4, 0.5) is 10.1 Å². The molecule has 0 radical (unpaired) electrons. The molecule has 4 aromatic rings. The third kappa shape index (κ3) is 3.93. The fourth-order valence-electron chi connectivity index (χ4n) is 4.66. The maximum atomic E-state index is 14.8. The number of aromatic nitrogens is 5. The summed E-state index contributed by atoms with van der Waals surface area (Å²) in [7, 11) is 0. The van der Waals surface area contributed by atoms with Crippen molar-refractivity contribution in [1.29, 1.82) is 5.26 Å². The van der Waals surface area contributed by atoms with Crippen molar-refractivity contribution in [3.8, 4) is 6.07 Å². The van der Waals surface area contributed by atoms with Crippen LogP contribution in [0.2, 0.25) is 0 Å². The topological polar surface area (TPSA) is 101 Å². The van der Waals surface area contributed by atoms with Gasteiger partial charge in [-0.2, -0.15) is 15.5 Å². The van der Waals surface area contributed by atoms with E-state index in [-0.39, 0.29) is 16.9 Å². The fraction of sp³-hybridized carbons (Fsp3) is 0.375. The number of carbonyl (C=O) groups excluding carboxylic acids is 1. The minimum absolute atomic E-state index is 0.0727. The highest BCUT2D eigenvalue weighted by Gasteiger charge is 2.25. The molecule has 0 atom stereocenters. The van der Waals surface area contributed by atoms with Gasteiger partial charge in [0.2, 0.25) is 0 Å². The number of benzene rings is 1. The third-order valence-corrected chi connectivity index (χ3v) is 6.65. The summed E-state index contributed by atoms with van der Waals surface area (Å²) in [6.07, 6.45) is 10.6. The van der Waals surface area contributed by atoms with Gasteiger partial charge >= 0.3 is 0 Å². The van der Waals surface area contributed by atoms with Gasteiger partial charge in [-0.3, -0.25) is 9.48 Å². The van der Waals surface area contributed by atoms with Gasteiger partial charge < -0.3 is 5.32 Å². The van der Waals surface area contributed by atoms with E-state index in [0.717, 1.165) is 24.1 Å². The molecular formula is C24H24FN7O. The second-order valence-corrected chi connectivity index (χ2v) is 9.05. The van der Waals surface area contributed by atoms with Crippen LogP contribution in [0.3, 0.4) is 0 Å². The van der Waals surface area contributed by atoms with Gasteiger partial charge in [-0.05, 0) is 43.6 Å². The van der Waals surface area contributed by atoms with Crippen LogP contribution in [-0.2, 0) is 0 Å². The standard InChI is InChI=1S/C24H24FN7O/c1-14(2)16-3-5-18(6-4-16)31-13-17-7-22(20(25)8-21(17)30-31)29-24(33)19-11-28-32-12-15(9-26)10-27-23(19)32/h7-8,10-14,16,18H,3-6H2,1-2H3,(H,29,33). The highest BCUT2D eigenvalue weighted by atomic mass is 19.1. The molecule has 1 fully saturated rings.